The van der Waals surface area contributed by atoms with Gasteiger partial charge in [-0.25, -0.2) is 0 Å². The quantitative estimate of drug-likeness (QED) is 0.754. The second-order valence-corrected chi connectivity index (χ2v) is 6.82. The van der Waals surface area contributed by atoms with Crippen molar-refractivity contribution in [2.24, 2.45) is 0 Å². The summed E-state index contributed by atoms with van der Waals surface area (Å²) < 4.78 is 1.14. The van der Waals surface area contributed by atoms with Gasteiger partial charge in [-0.3, -0.25) is 0 Å². The Balaban J connectivity index is 2.32. The van der Waals surface area contributed by atoms with E-state index in [4.69, 9.17) is 0 Å². The third kappa shape index (κ3) is 3.47. The van der Waals surface area contributed by atoms with Gasteiger partial charge in [-0.15, -0.1) is 11.3 Å². The van der Waals surface area contributed by atoms with Crippen LogP contribution in [0.25, 0.3) is 10.4 Å². The zero-order valence-electron chi connectivity index (χ0n) is 11.7. The Morgan fingerprint density at radius 1 is 1.26 bits per heavy atom. The smallest absolute Gasteiger partial charge is 0.0412 e. The van der Waals surface area contributed by atoms with Crippen LogP contribution in [0.4, 0.5) is 0 Å². The molecule has 0 radical (unpaired) electrons. The van der Waals surface area contributed by atoms with Crippen LogP contribution in [0.3, 0.4) is 0 Å². The van der Waals surface area contributed by atoms with Gasteiger partial charge in [0.15, 0.2) is 0 Å². The van der Waals surface area contributed by atoms with E-state index in [0.717, 1.165) is 4.47 Å². The van der Waals surface area contributed by atoms with E-state index in [9.17, 15) is 0 Å². The Morgan fingerprint density at radius 3 is 2.74 bits per heavy atom. The van der Waals surface area contributed by atoms with Crippen LogP contribution >= 0.6 is 27.3 Å². The fourth-order valence-electron chi connectivity index (χ4n) is 2.26. The fraction of sp³-hybridized carbons (Fsp3) is 0.375. The van der Waals surface area contributed by atoms with Crippen LogP contribution in [0.1, 0.15) is 36.2 Å². The van der Waals surface area contributed by atoms with Crippen molar-refractivity contribution >= 4 is 27.3 Å². The molecular formula is C16H20BrNS. The van der Waals surface area contributed by atoms with E-state index in [1.165, 1.54) is 33.7 Å². The molecule has 0 saturated carbocycles. The van der Waals surface area contributed by atoms with Crippen molar-refractivity contribution in [1.29, 1.82) is 0 Å². The lowest BCUT2D eigenvalue weighted by Gasteiger charge is -2.12. The van der Waals surface area contributed by atoms with Gasteiger partial charge in [-0.2, -0.15) is 0 Å². The van der Waals surface area contributed by atoms with Crippen molar-refractivity contribution < 1.29 is 0 Å². The van der Waals surface area contributed by atoms with Gasteiger partial charge in [0.05, 0.1) is 0 Å². The van der Waals surface area contributed by atoms with Gasteiger partial charge in [-0.05, 0) is 55.8 Å². The van der Waals surface area contributed by atoms with E-state index in [0.29, 0.717) is 6.04 Å². The first-order chi connectivity index (χ1) is 9.15. The molecular weight excluding hydrogens is 318 g/mol. The van der Waals surface area contributed by atoms with Crippen molar-refractivity contribution in [2.75, 3.05) is 7.05 Å². The lowest BCUT2D eigenvalue weighted by Crippen LogP contribution is -2.14. The third-order valence-electron chi connectivity index (χ3n) is 3.36. The van der Waals surface area contributed by atoms with Crippen LogP contribution in [0.15, 0.2) is 34.8 Å². The summed E-state index contributed by atoms with van der Waals surface area (Å²) in [6.07, 6.45) is 2.39. The van der Waals surface area contributed by atoms with E-state index in [2.05, 4.69) is 65.4 Å². The van der Waals surface area contributed by atoms with Gasteiger partial charge < -0.3 is 5.32 Å². The number of hydrogen-bond acceptors (Lipinski definition) is 2. The molecule has 1 atom stereocenters. The minimum atomic E-state index is 0.483. The molecule has 1 aromatic heterocycles. The summed E-state index contributed by atoms with van der Waals surface area (Å²) in [5, 5.41) is 3.41. The molecule has 1 N–H and O–H groups in total. The molecule has 3 heteroatoms. The maximum absolute atomic E-state index is 3.56. The largest absolute Gasteiger partial charge is 0.312 e. The minimum absolute atomic E-state index is 0.483. The zero-order chi connectivity index (χ0) is 13.8. The number of nitrogens with one attached hydrogen (secondary N) is 1. The van der Waals surface area contributed by atoms with Gasteiger partial charge in [0.2, 0.25) is 0 Å². The molecule has 19 heavy (non-hydrogen) atoms. The minimum Gasteiger partial charge on any atom is -0.312 e. The Kier molecular flexibility index (Phi) is 5.20. The van der Waals surface area contributed by atoms with Gasteiger partial charge in [0.25, 0.3) is 0 Å². The summed E-state index contributed by atoms with van der Waals surface area (Å²) in [6, 6.07) is 11.5. The normalized spacial score (nSPS) is 12.6. The Bertz CT molecular complexity index is 547. The first-order valence-corrected chi connectivity index (χ1v) is 8.30. The molecule has 0 amide bonds. The highest BCUT2D eigenvalue weighted by atomic mass is 79.9. The number of rotatable bonds is 5. The number of halogens is 1. The van der Waals surface area contributed by atoms with E-state index in [1.54, 1.807) is 0 Å². The molecule has 0 aliphatic heterocycles. The van der Waals surface area contributed by atoms with Crippen LogP contribution in [0.5, 0.6) is 0 Å². The van der Waals surface area contributed by atoms with E-state index >= 15 is 0 Å². The molecule has 0 fully saturated rings. The van der Waals surface area contributed by atoms with Crippen LogP contribution in [0, 0.1) is 6.92 Å². The third-order valence-corrected chi connectivity index (χ3v) is 5.09. The summed E-state index contributed by atoms with van der Waals surface area (Å²) >= 11 is 5.46. The fourth-order valence-corrected chi connectivity index (χ4v) is 3.86. The van der Waals surface area contributed by atoms with E-state index in [-0.39, 0.29) is 0 Å². The van der Waals surface area contributed by atoms with Gasteiger partial charge in [-0.1, -0.05) is 35.3 Å². The van der Waals surface area contributed by atoms with Crippen LogP contribution in [0.2, 0.25) is 0 Å². The number of benzene rings is 1. The molecule has 2 rings (SSSR count). The summed E-state index contributed by atoms with van der Waals surface area (Å²) in [7, 11) is 2.05. The molecule has 0 saturated heterocycles. The van der Waals surface area contributed by atoms with E-state index < -0.39 is 0 Å². The predicted octanol–water partition coefficient (Wildman–Crippen LogP) is 5.55. The monoisotopic (exact) mass is 337 g/mol. The molecule has 0 aliphatic carbocycles. The van der Waals surface area contributed by atoms with Crippen LogP contribution in [-0.4, -0.2) is 7.05 Å². The van der Waals surface area contributed by atoms with E-state index in [1.807, 2.05) is 18.4 Å². The summed E-state index contributed by atoms with van der Waals surface area (Å²) in [5.74, 6) is 0. The molecule has 1 nitrogen and oxygen atoms in total. The van der Waals surface area contributed by atoms with Gasteiger partial charge >= 0.3 is 0 Å². The second-order valence-electron chi connectivity index (χ2n) is 4.79. The lowest BCUT2D eigenvalue weighted by molar-refractivity contribution is 0.550. The highest BCUT2D eigenvalue weighted by molar-refractivity contribution is 9.10. The topological polar surface area (TPSA) is 12.0 Å². The molecule has 1 aromatic carbocycles. The summed E-state index contributed by atoms with van der Waals surface area (Å²) in [6.45, 7) is 4.40. The molecule has 0 spiro atoms. The summed E-state index contributed by atoms with van der Waals surface area (Å²) in [5.41, 5.74) is 2.66. The predicted molar refractivity (Wildman–Crippen MR) is 88.9 cm³/mol. The van der Waals surface area contributed by atoms with Crippen molar-refractivity contribution in [3.8, 4) is 10.4 Å². The van der Waals surface area contributed by atoms with Crippen molar-refractivity contribution in [2.45, 2.75) is 32.7 Å². The molecule has 0 bridgehead atoms. The first-order valence-electron chi connectivity index (χ1n) is 6.69. The van der Waals surface area contributed by atoms with Crippen molar-refractivity contribution in [1.82, 2.24) is 5.32 Å². The number of aryl methyl sites for hydroxylation is 1. The Morgan fingerprint density at radius 2 is 2.05 bits per heavy atom. The standard InChI is InChI=1S/C16H20BrNS/c1-4-5-14(18-3)16-9-8-15(19-16)13-10-12(17)7-6-11(13)2/h6-10,14,18H,4-5H2,1-3H3. The highest BCUT2D eigenvalue weighted by Gasteiger charge is 2.12. The van der Waals surface area contributed by atoms with Crippen LogP contribution < -0.4 is 5.32 Å². The number of thiophene rings is 1. The molecule has 0 aliphatic rings. The highest BCUT2D eigenvalue weighted by Crippen LogP contribution is 2.35. The molecule has 1 heterocycles. The second kappa shape index (κ2) is 6.69. The SMILES string of the molecule is CCCC(NC)c1ccc(-c2cc(Br)ccc2C)s1. The average molecular weight is 338 g/mol. The van der Waals surface area contributed by atoms with Crippen molar-refractivity contribution in [3.05, 3.63) is 45.2 Å². The average Bonchev–Trinajstić information content (AvgIpc) is 2.88. The number of hydrogen-bond donors (Lipinski definition) is 1. The first kappa shape index (κ1) is 14.8. The van der Waals surface area contributed by atoms with Crippen LogP contribution in [-0.2, 0) is 0 Å². The molecule has 102 valence electrons. The van der Waals surface area contributed by atoms with Gasteiger partial charge in [0.1, 0.15) is 0 Å². The Labute approximate surface area is 128 Å². The summed E-state index contributed by atoms with van der Waals surface area (Å²) in [4.78, 5) is 2.78. The van der Waals surface area contributed by atoms with Crippen molar-refractivity contribution in [3.63, 3.8) is 0 Å². The Hall–Kier alpha value is -0.640. The van der Waals surface area contributed by atoms with Gasteiger partial charge in [0, 0.05) is 20.3 Å². The zero-order valence-corrected chi connectivity index (χ0v) is 14.1. The maximum atomic E-state index is 3.56. The maximum Gasteiger partial charge on any atom is 0.0412 e. The molecule has 2 aromatic rings. The molecule has 1 unspecified atom stereocenters. The lowest BCUT2D eigenvalue weighted by atomic mass is 10.1.